The number of unbranched alkanes of at least 4 members (excludes halogenated alkanes) is 2. The Morgan fingerprint density at radius 3 is 2.62 bits per heavy atom. The van der Waals surface area contributed by atoms with Gasteiger partial charge in [-0.15, -0.1) is 0 Å². The molecule has 0 saturated heterocycles. The maximum atomic E-state index is 13.5. The van der Waals surface area contributed by atoms with Crippen molar-refractivity contribution < 1.29 is 19.1 Å². The van der Waals surface area contributed by atoms with E-state index >= 15 is 0 Å². The van der Waals surface area contributed by atoms with Gasteiger partial charge in [-0.25, -0.2) is 4.39 Å². The van der Waals surface area contributed by atoms with Crippen molar-refractivity contribution in [2.75, 3.05) is 6.54 Å². The van der Waals surface area contributed by atoms with Gasteiger partial charge in [0.15, 0.2) is 0 Å². The molecule has 0 radical (unpaired) electrons. The molecule has 0 bridgehead atoms. The molecule has 0 saturated carbocycles. The van der Waals surface area contributed by atoms with Crippen LogP contribution in [0.3, 0.4) is 0 Å². The number of halogens is 1. The summed E-state index contributed by atoms with van der Waals surface area (Å²) in [6.07, 6.45) is 2.69. The van der Waals surface area contributed by atoms with Crippen molar-refractivity contribution in [2.24, 2.45) is 5.92 Å². The van der Waals surface area contributed by atoms with Crippen LogP contribution in [0.15, 0.2) is 24.3 Å². The fourth-order valence-corrected chi connectivity index (χ4v) is 2.05. The Labute approximate surface area is 124 Å². The van der Waals surface area contributed by atoms with E-state index < -0.39 is 5.97 Å². The van der Waals surface area contributed by atoms with Gasteiger partial charge in [0.05, 0.1) is 0 Å². The maximum Gasteiger partial charge on any atom is 0.303 e. The van der Waals surface area contributed by atoms with E-state index in [1.54, 1.807) is 25.1 Å². The molecule has 0 aliphatic carbocycles. The summed E-state index contributed by atoms with van der Waals surface area (Å²) in [5, 5.41) is 11.3. The fourth-order valence-electron chi connectivity index (χ4n) is 2.05. The van der Waals surface area contributed by atoms with Crippen LogP contribution in [0.1, 0.15) is 38.2 Å². The third kappa shape index (κ3) is 6.88. The largest absolute Gasteiger partial charge is 0.481 e. The molecule has 1 unspecified atom stereocenters. The number of hydrogen-bond acceptors (Lipinski definition) is 2. The molecule has 0 fully saturated rings. The van der Waals surface area contributed by atoms with Crippen molar-refractivity contribution in [2.45, 2.75) is 39.0 Å². The maximum absolute atomic E-state index is 13.5. The highest BCUT2D eigenvalue weighted by atomic mass is 19.1. The molecule has 0 heterocycles. The first-order valence-electron chi connectivity index (χ1n) is 7.23. The molecule has 0 aromatic heterocycles. The highest BCUT2D eigenvalue weighted by Gasteiger charge is 2.14. The zero-order valence-corrected chi connectivity index (χ0v) is 12.3. The first-order valence-corrected chi connectivity index (χ1v) is 7.23. The summed E-state index contributed by atoms with van der Waals surface area (Å²) in [6, 6.07) is 6.46. The number of rotatable bonds is 9. The molecule has 4 nitrogen and oxygen atoms in total. The molecule has 1 amide bonds. The number of carbonyl (C=O) groups is 2. The number of nitrogens with one attached hydrogen (secondary N) is 1. The molecule has 116 valence electrons. The number of carboxylic acids is 1. The van der Waals surface area contributed by atoms with Gasteiger partial charge in [0.1, 0.15) is 5.82 Å². The van der Waals surface area contributed by atoms with Crippen LogP contribution in [-0.4, -0.2) is 23.5 Å². The predicted molar refractivity (Wildman–Crippen MR) is 78.4 cm³/mol. The molecule has 0 aliphatic heterocycles. The zero-order valence-electron chi connectivity index (χ0n) is 12.3. The summed E-state index contributed by atoms with van der Waals surface area (Å²) < 4.78 is 13.5. The molecule has 5 heteroatoms. The Balaban J connectivity index is 2.23. The third-order valence-electron chi connectivity index (χ3n) is 3.30. The van der Waals surface area contributed by atoms with Crippen LogP contribution in [0.5, 0.6) is 0 Å². The monoisotopic (exact) mass is 295 g/mol. The van der Waals surface area contributed by atoms with E-state index in [4.69, 9.17) is 5.11 Å². The van der Waals surface area contributed by atoms with Gasteiger partial charge in [0, 0.05) is 18.9 Å². The van der Waals surface area contributed by atoms with Crippen LogP contribution in [0.4, 0.5) is 4.39 Å². The van der Waals surface area contributed by atoms with Crippen LogP contribution < -0.4 is 5.32 Å². The number of benzene rings is 1. The van der Waals surface area contributed by atoms with Gasteiger partial charge in [0.25, 0.3) is 0 Å². The summed E-state index contributed by atoms with van der Waals surface area (Å²) in [6.45, 7) is 2.30. The predicted octanol–water partition coefficient (Wildman–Crippen LogP) is 2.77. The minimum absolute atomic E-state index is 0.100. The Hall–Kier alpha value is -1.91. The van der Waals surface area contributed by atoms with E-state index in [0.717, 1.165) is 12.8 Å². The molecule has 1 aromatic carbocycles. The topological polar surface area (TPSA) is 66.4 Å². The van der Waals surface area contributed by atoms with E-state index in [1.165, 1.54) is 6.07 Å². The fraction of sp³-hybridized carbons (Fsp3) is 0.500. The van der Waals surface area contributed by atoms with Crippen LogP contribution >= 0.6 is 0 Å². The van der Waals surface area contributed by atoms with Gasteiger partial charge >= 0.3 is 5.97 Å². The number of hydrogen-bond donors (Lipinski definition) is 2. The zero-order chi connectivity index (χ0) is 15.7. The SMILES string of the molecule is CC(Cc1ccccc1F)C(=O)NCCCCCC(=O)O. The number of amides is 1. The summed E-state index contributed by atoms with van der Waals surface area (Å²) in [5.41, 5.74) is 0.543. The van der Waals surface area contributed by atoms with Gasteiger partial charge in [0.2, 0.25) is 5.91 Å². The van der Waals surface area contributed by atoms with Gasteiger partial charge in [-0.05, 0) is 30.9 Å². The lowest BCUT2D eigenvalue weighted by Crippen LogP contribution is -2.31. The second-order valence-electron chi connectivity index (χ2n) is 5.19. The highest BCUT2D eigenvalue weighted by molar-refractivity contribution is 5.78. The molecule has 1 atom stereocenters. The summed E-state index contributed by atoms with van der Waals surface area (Å²) in [7, 11) is 0. The molecular formula is C16H22FNO3. The quantitative estimate of drug-likeness (QED) is 0.688. The van der Waals surface area contributed by atoms with Crippen molar-refractivity contribution in [3.8, 4) is 0 Å². The molecule has 0 spiro atoms. The summed E-state index contributed by atoms with van der Waals surface area (Å²) in [4.78, 5) is 22.2. The van der Waals surface area contributed by atoms with Crippen LogP contribution in [0.2, 0.25) is 0 Å². The van der Waals surface area contributed by atoms with Crippen LogP contribution in [0.25, 0.3) is 0 Å². The Morgan fingerprint density at radius 1 is 1.24 bits per heavy atom. The van der Waals surface area contributed by atoms with E-state index in [9.17, 15) is 14.0 Å². The molecule has 21 heavy (non-hydrogen) atoms. The minimum atomic E-state index is -0.794. The lowest BCUT2D eigenvalue weighted by molar-refractivity contribution is -0.137. The Kier molecular flexibility index (Phi) is 7.43. The Morgan fingerprint density at radius 2 is 1.95 bits per heavy atom. The lowest BCUT2D eigenvalue weighted by Gasteiger charge is -2.12. The summed E-state index contributed by atoms with van der Waals surface area (Å²) in [5.74, 6) is -1.47. The standard InChI is InChI=1S/C16H22FNO3/c1-12(11-13-7-4-5-8-14(13)17)16(21)18-10-6-2-3-9-15(19)20/h4-5,7-8,12H,2-3,6,9-11H2,1H3,(H,18,21)(H,19,20). The van der Waals surface area contributed by atoms with Gasteiger partial charge in [-0.3, -0.25) is 9.59 Å². The first kappa shape index (κ1) is 17.1. The Bertz CT molecular complexity index is 476. The second kappa shape index (κ2) is 9.10. The molecule has 1 aromatic rings. The van der Waals surface area contributed by atoms with E-state index in [-0.39, 0.29) is 24.1 Å². The smallest absolute Gasteiger partial charge is 0.303 e. The van der Waals surface area contributed by atoms with Crippen molar-refractivity contribution in [3.63, 3.8) is 0 Å². The second-order valence-corrected chi connectivity index (χ2v) is 5.19. The van der Waals surface area contributed by atoms with Gasteiger partial charge < -0.3 is 10.4 Å². The van der Waals surface area contributed by atoms with Crippen molar-refractivity contribution in [1.82, 2.24) is 5.32 Å². The van der Waals surface area contributed by atoms with Crippen molar-refractivity contribution >= 4 is 11.9 Å². The average molecular weight is 295 g/mol. The first-order chi connectivity index (χ1) is 10.0. The van der Waals surface area contributed by atoms with E-state index in [1.807, 2.05) is 0 Å². The molecule has 0 aliphatic rings. The number of carboxylic acid groups (broad SMARTS) is 1. The summed E-state index contributed by atoms with van der Waals surface area (Å²) >= 11 is 0. The van der Waals surface area contributed by atoms with E-state index in [2.05, 4.69) is 5.32 Å². The lowest BCUT2D eigenvalue weighted by atomic mass is 10.00. The normalized spacial score (nSPS) is 11.9. The van der Waals surface area contributed by atoms with Gasteiger partial charge in [-0.1, -0.05) is 31.5 Å². The average Bonchev–Trinajstić information content (AvgIpc) is 2.44. The number of carbonyl (C=O) groups excluding carboxylic acids is 1. The van der Waals surface area contributed by atoms with Gasteiger partial charge in [-0.2, -0.15) is 0 Å². The highest BCUT2D eigenvalue weighted by Crippen LogP contribution is 2.12. The van der Waals surface area contributed by atoms with Crippen molar-refractivity contribution in [3.05, 3.63) is 35.6 Å². The number of aliphatic carboxylic acids is 1. The molecular weight excluding hydrogens is 273 g/mol. The third-order valence-corrected chi connectivity index (χ3v) is 3.30. The van der Waals surface area contributed by atoms with Crippen molar-refractivity contribution in [1.29, 1.82) is 0 Å². The van der Waals surface area contributed by atoms with Crippen LogP contribution in [-0.2, 0) is 16.0 Å². The van der Waals surface area contributed by atoms with E-state index in [0.29, 0.717) is 24.9 Å². The van der Waals surface area contributed by atoms with Crippen LogP contribution in [0, 0.1) is 11.7 Å². The minimum Gasteiger partial charge on any atom is -0.481 e. The molecule has 2 N–H and O–H groups in total. The molecule has 1 rings (SSSR count).